The lowest BCUT2D eigenvalue weighted by atomic mass is 10.3. The zero-order valence-electron chi connectivity index (χ0n) is 8.41. The molecule has 1 atom stereocenters. The van der Waals surface area contributed by atoms with Crippen LogP contribution in [0.1, 0.15) is 18.5 Å². The number of nitrogens with one attached hydrogen (secondary N) is 1. The van der Waals surface area contributed by atoms with Gasteiger partial charge < -0.3 is 5.32 Å². The second-order valence-electron chi connectivity index (χ2n) is 3.97. The minimum atomic E-state index is 0.304. The third kappa shape index (κ3) is 2.72. The Morgan fingerprint density at radius 1 is 1.71 bits per heavy atom. The summed E-state index contributed by atoms with van der Waals surface area (Å²) in [4.78, 5) is 0. The lowest BCUT2D eigenvalue weighted by Gasteiger charge is -2.07. The van der Waals surface area contributed by atoms with Crippen LogP contribution in [0, 0.1) is 5.92 Å². The standard InChI is InChI=1S/C10H16ClN3/c1-14-5-4-9(13-14)6-12-7-10(11)8-2-3-8/h4-5,8,10,12H,2-3,6-7H2,1H3. The van der Waals surface area contributed by atoms with Gasteiger partial charge in [-0.2, -0.15) is 5.10 Å². The first-order valence-electron chi connectivity index (χ1n) is 5.09. The summed E-state index contributed by atoms with van der Waals surface area (Å²) in [6, 6.07) is 2.02. The third-order valence-corrected chi connectivity index (χ3v) is 3.06. The van der Waals surface area contributed by atoms with Crippen LogP contribution in [0.2, 0.25) is 0 Å². The van der Waals surface area contributed by atoms with Crippen LogP contribution in [-0.4, -0.2) is 21.7 Å². The fourth-order valence-corrected chi connectivity index (χ4v) is 1.88. The van der Waals surface area contributed by atoms with Crippen LogP contribution in [0.15, 0.2) is 12.3 Å². The highest BCUT2D eigenvalue weighted by atomic mass is 35.5. The van der Waals surface area contributed by atoms with Gasteiger partial charge in [-0.15, -0.1) is 11.6 Å². The minimum Gasteiger partial charge on any atom is -0.310 e. The quantitative estimate of drug-likeness (QED) is 0.752. The van der Waals surface area contributed by atoms with Gasteiger partial charge in [-0.05, 0) is 24.8 Å². The maximum atomic E-state index is 6.16. The second kappa shape index (κ2) is 4.32. The molecule has 1 aliphatic rings. The van der Waals surface area contributed by atoms with Gasteiger partial charge in [0.1, 0.15) is 0 Å². The number of rotatable bonds is 5. The average molecular weight is 214 g/mol. The van der Waals surface area contributed by atoms with E-state index in [2.05, 4.69) is 10.4 Å². The van der Waals surface area contributed by atoms with Crippen LogP contribution < -0.4 is 5.32 Å². The number of hydrogen-bond donors (Lipinski definition) is 1. The van der Waals surface area contributed by atoms with E-state index in [9.17, 15) is 0 Å². The molecule has 0 spiro atoms. The van der Waals surface area contributed by atoms with Crippen molar-refractivity contribution in [3.05, 3.63) is 18.0 Å². The van der Waals surface area contributed by atoms with Crippen LogP contribution in [0.5, 0.6) is 0 Å². The van der Waals surface area contributed by atoms with Gasteiger partial charge in [-0.3, -0.25) is 4.68 Å². The van der Waals surface area contributed by atoms with Crippen molar-refractivity contribution in [1.29, 1.82) is 0 Å². The zero-order chi connectivity index (χ0) is 9.97. The lowest BCUT2D eigenvalue weighted by Crippen LogP contribution is -2.24. The summed E-state index contributed by atoms with van der Waals surface area (Å²) in [5.41, 5.74) is 1.08. The van der Waals surface area contributed by atoms with Crippen molar-refractivity contribution in [2.45, 2.75) is 24.8 Å². The largest absolute Gasteiger partial charge is 0.310 e. The molecule has 1 fully saturated rings. The van der Waals surface area contributed by atoms with Crippen molar-refractivity contribution in [3.63, 3.8) is 0 Å². The molecule has 1 N–H and O–H groups in total. The van der Waals surface area contributed by atoms with E-state index in [4.69, 9.17) is 11.6 Å². The number of halogens is 1. The molecule has 1 unspecified atom stereocenters. The average Bonchev–Trinajstić information content (AvgIpc) is 2.92. The first kappa shape index (κ1) is 9.99. The molecule has 1 aromatic rings. The number of alkyl halides is 1. The van der Waals surface area contributed by atoms with E-state index in [1.54, 1.807) is 0 Å². The van der Waals surface area contributed by atoms with Gasteiger partial charge in [0.15, 0.2) is 0 Å². The van der Waals surface area contributed by atoms with Crippen molar-refractivity contribution in [2.24, 2.45) is 13.0 Å². The molecule has 4 heteroatoms. The Hall–Kier alpha value is -0.540. The van der Waals surface area contributed by atoms with Crippen LogP contribution >= 0.6 is 11.6 Å². The minimum absolute atomic E-state index is 0.304. The van der Waals surface area contributed by atoms with Gasteiger partial charge in [0.2, 0.25) is 0 Å². The number of aromatic nitrogens is 2. The van der Waals surface area contributed by atoms with Gasteiger partial charge in [0.25, 0.3) is 0 Å². The Bertz CT molecular complexity index is 293. The first-order valence-corrected chi connectivity index (χ1v) is 5.52. The van der Waals surface area contributed by atoms with Crippen LogP contribution in [-0.2, 0) is 13.6 Å². The molecule has 0 aromatic carbocycles. The molecule has 1 saturated carbocycles. The highest BCUT2D eigenvalue weighted by molar-refractivity contribution is 6.21. The Labute approximate surface area is 89.4 Å². The smallest absolute Gasteiger partial charge is 0.0762 e. The molecule has 0 amide bonds. The molecule has 0 radical (unpaired) electrons. The van der Waals surface area contributed by atoms with E-state index in [0.717, 1.165) is 24.7 Å². The Balaban J connectivity index is 1.67. The molecule has 78 valence electrons. The molecular weight excluding hydrogens is 198 g/mol. The molecule has 3 nitrogen and oxygen atoms in total. The van der Waals surface area contributed by atoms with Crippen molar-refractivity contribution >= 4 is 11.6 Å². The summed E-state index contributed by atoms with van der Waals surface area (Å²) in [6.45, 7) is 1.71. The molecular formula is C10H16ClN3. The summed E-state index contributed by atoms with van der Waals surface area (Å²) in [7, 11) is 1.93. The number of aryl methyl sites for hydroxylation is 1. The van der Waals surface area contributed by atoms with Gasteiger partial charge in [0, 0.05) is 31.7 Å². The second-order valence-corrected chi connectivity index (χ2v) is 4.53. The maximum Gasteiger partial charge on any atom is 0.0762 e. The van der Waals surface area contributed by atoms with Gasteiger partial charge >= 0.3 is 0 Å². The van der Waals surface area contributed by atoms with E-state index >= 15 is 0 Å². The van der Waals surface area contributed by atoms with Gasteiger partial charge in [-0.25, -0.2) is 0 Å². The zero-order valence-corrected chi connectivity index (χ0v) is 9.17. The van der Waals surface area contributed by atoms with E-state index in [1.807, 2.05) is 24.0 Å². The van der Waals surface area contributed by atoms with E-state index in [1.165, 1.54) is 12.8 Å². The third-order valence-electron chi connectivity index (χ3n) is 2.55. The predicted octanol–water partition coefficient (Wildman–Crippen LogP) is 1.53. The molecule has 2 rings (SSSR count). The first-order chi connectivity index (χ1) is 6.75. The predicted molar refractivity (Wildman–Crippen MR) is 57.3 cm³/mol. The monoisotopic (exact) mass is 213 g/mol. The Kier molecular flexibility index (Phi) is 3.08. The topological polar surface area (TPSA) is 29.9 Å². The van der Waals surface area contributed by atoms with Gasteiger partial charge in [0.05, 0.1) is 5.69 Å². The van der Waals surface area contributed by atoms with E-state index in [0.29, 0.717) is 5.38 Å². The molecule has 1 aromatic heterocycles. The molecule has 14 heavy (non-hydrogen) atoms. The fraction of sp³-hybridized carbons (Fsp3) is 0.700. The molecule has 1 heterocycles. The Morgan fingerprint density at radius 3 is 3.07 bits per heavy atom. The lowest BCUT2D eigenvalue weighted by molar-refractivity contribution is 0.606. The van der Waals surface area contributed by atoms with Crippen LogP contribution in [0.3, 0.4) is 0 Å². The van der Waals surface area contributed by atoms with E-state index in [-0.39, 0.29) is 0 Å². The summed E-state index contributed by atoms with van der Waals surface area (Å²) >= 11 is 6.16. The molecule has 0 aliphatic heterocycles. The molecule has 0 bridgehead atoms. The van der Waals surface area contributed by atoms with E-state index < -0.39 is 0 Å². The van der Waals surface area contributed by atoms with Crippen LogP contribution in [0.25, 0.3) is 0 Å². The molecule has 0 saturated heterocycles. The summed E-state index contributed by atoms with van der Waals surface area (Å²) in [5.74, 6) is 0.757. The maximum absolute atomic E-state index is 6.16. The van der Waals surface area contributed by atoms with Crippen molar-refractivity contribution in [1.82, 2.24) is 15.1 Å². The fourth-order valence-electron chi connectivity index (χ4n) is 1.52. The number of hydrogen-bond acceptors (Lipinski definition) is 2. The normalized spacial score (nSPS) is 18.4. The van der Waals surface area contributed by atoms with Crippen molar-refractivity contribution < 1.29 is 0 Å². The molecule has 1 aliphatic carbocycles. The van der Waals surface area contributed by atoms with Crippen molar-refractivity contribution in [2.75, 3.05) is 6.54 Å². The van der Waals surface area contributed by atoms with Crippen molar-refractivity contribution in [3.8, 4) is 0 Å². The summed E-state index contributed by atoms with van der Waals surface area (Å²) in [5, 5.41) is 7.91. The summed E-state index contributed by atoms with van der Waals surface area (Å²) in [6.07, 6.45) is 4.56. The van der Waals surface area contributed by atoms with Crippen LogP contribution in [0.4, 0.5) is 0 Å². The Morgan fingerprint density at radius 2 is 2.50 bits per heavy atom. The van der Waals surface area contributed by atoms with Gasteiger partial charge in [-0.1, -0.05) is 0 Å². The number of nitrogens with zero attached hydrogens (tertiary/aromatic N) is 2. The highest BCUT2D eigenvalue weighted by Gasteiger charge is 2.29. The highest BCUT2D eigenvalue weighted by Crippen LogP contribution is 2.35. The summed E-state index contributed by atoms with van der Waals surface area (Å²) < 4.78 is 1.82. The SMILES string of the molecule is Cn1ccc(CNCC(Cl)C2CC2)n1.